The quantitative estimate of drug-likeness (QED) is 0.861. The Balaban J connectivity index is 2.78. The molecule has 0 atom stereocenters. The average Bonchev–Trinajstić information content (AvgIpc) is 2.28. The van der Waals surface area contributed by atoms with Gasteiger partial charge in [0.1, 0.15) is 0 Å². The lowest BCUT2D eigenvalue weighted by Gasteiger charge is -2.09. The molecule has 1 aromatic rings. The van der Waals surface area contributed by atoms with E-state index in [1.54, 1.807) is 6.07 Å². The van der Waals surface area contributed by atoms with Crippen molar-refractivity contribution >= 4 is 29.2 Å². The van der Waals surface area contributed by atoms with E-state index in [1.165, 1.54) is 12.1 Å². The summed E-state index contributed by atoms with van der Waals surface area (Å²) in [6, 6.07) is 4.37. The van der Waals surface area contributed by atoms with E-state index < -0.39 is 5.97 Å². The van der Waals surface area contributed by atoms with Gasteiger partial charge in [-0.25, -0.2) is 4.79 Å². The van der Waals surface area contributed by atoms with Gasteiger partial charge in [-0.05, 0) is 30.5 Å². The summed E-state index contributed by atoms with van der Waals surface area (Å²) in [5.41, 5.74) is 0.279. The molecule has 0 saturated carbocycles. The van der Waals surface area contributed by atoms with Crippen molar-refractivity contribution in [1.29, 1.82) is 0 Å². The normalized spacial score (nSPS) is 10.4. The minimum Gasteiger partial charge on any atom is -0.478 e. The molecule has 0 aromatic heterocycles. The topological polar surface area (TPSA) is 66.4 Å². The lowest BCUT2D eigenvalue weighted by molar-refractivity contribution is -0.116. The predicted octanol–water partition coefficient (Wildman–Crippen LogP) is 3.41. The minimum absolute atomic E-state index is 0.000368. The number of nitrogens with one attached hydrogen (secondary N) is 1. The summed E-state index contributed by atoms with van der Waals surface area (Å²) >= 11 is 5.72. The first kappa shape index (κ1) is 14.5. The van der Waals surface area contributed by atoms with Crippen LogP contribution in [0.4, 0.5) is 5.69 Å². The van der Waals surface area contributed by atoms with Crippen LogP contribution in [0, 0.1) is 5.92 Å². The van der Waals surface area contributed by atoms with Crippen LogP contribution in [0.25, 0.3) is 0 Å². The Bertz CT molecular complexity index is 458. The molecule has 4 nitrogen and oxygen atoms in total. The maximum atomic E-state index is 11.6. The fourth-order valence-corrected chi connectivity index (χ4v) is 1.61. The summed E-state index contributed by atoms with van der Waals surface area (Å²) in [6.45, 7) is 4.05. The average molecular weight is 270 g/mol. The summed E-state index contributed by atoms with van der Waals surface area (Å²) in [5.74, 6) is -0.870. The van der Waals surface area contributed by atoms with Crippen LogP contribution in [0.3, 0.4) is 0 Å². The molecule has 0 unspecified atom stereocenters. The van der Waals surface area contributed by atoms with Gasteiger partial charge in [-0.15, -0.1) is 0 Å². The number of carboxylic acids is 1. The first-order chi connectivity index (χ1) is 8.40. The molecular formula is C13H16ClNO3. The first-order valence-corrected chi connectivity index (χ1v) is 6.10. The molecule has 0 aliphatic carbocycles. The van der Waals surface area contributed by atoms with E-state index in [1.807, 2.05) is 13.8 Å². The van der Waals surface area contributed by atoms with E-state index in [0.29, 0.717) is 17.4 Å². The molecule has 0 spiro atoms. The molecule has 1 aromatic carbocycles. The van der Waals surface area contributed by atoms with Crippen LogP contribution in [0.5, 0.6) is 0 Å². The number of halogens is 1. The smallest absolute Gasteiger partial charge is 0.337 e. The Morgan fingerprint density at radius 3 is 2.61 bits per heavy atom. The standard InChI is InChI=1S/C13H16ClNO3/c1-8(2)3-6-12(16)15-11-5-4-9(14)7-10(11)13(17)18/h4-5,7-8H,3,6H2,1-2H3,(H,15,16)(H,17,18). The summed E-state index contributed by atoms with van der Waals surface area (Å²) in [4.78, 5) is 22.7. The van der Waals surface area contributed by atoms with Gasteiger partial charge in [0, 0.05) is 11.4 Å². The summed E-state index contributed by atoms with van der Waals surface area (Å²) < 4.78 is 0. The van der Waals surface area contributed by atoms with E-state index >= 15 is 0 Å². The zero-order valence-electron chi connectivity index (χ0n) is 10.4. The lowest BCUT2D eigenvalue weighted by Crippen LogP contribution is -2.15. The van der Waals surface area contributed by atoms with Gasteiger partial charge >= 0.3 is 5.97 Å². The molecule has 0 saturated heterocycles. The van der Waals surface area contributed by atoms with E-state index in [9.17, 15) is 9.59 Å². The largest absolute Gasteiger partial charge is 0.478 e. The van der Waals surface area contributed by atoms with Gasteiger partial charge in [0.05, 0.1) is 11.3 Å². The molecule has 0 aliphatic heterocycles. The fourth-order valence-electron chi connectivity index (χ4n) is 1.43. The van der Waals surface area contributed by atoms with E-state index in [4.69, 9.17) is 16.7 Å². The predicted molar refractivity (Wildman–Crippen MR) is 71.1 cm³/mol. The molecule has 1 rings (SSSR count). The number of anilines is 1. The van der Waals surface area contributed by atoms with Crippen molar-refractivity contribution in [3.05, 3.63) is 28.8 Å². The maximum Gasteiger partial charge on any atom is 0.337 e. The molecule has 98 valence electrons. The number of aromatic carboxylic acids is 1. The van der Waals surface area contributed by atoms with Crippen LogP contribution in [0.2, 0.25) is 5.02 Å². The van der Waals surface area contributed by atoms with Gasteiger partial charge in [-0.3, -0.25) is 4.79 Å². The zero-order chi connectivity index (χ0) is 13.7. The van der Waals surface area contributed by atoms with Gasteiger partial charge in [0.2, 0.25) is 5.91 Å². The van der Waals surface area contributed by atoms with Gasteiger partial charge < -0.3 is 10.4 Å². The zero-order valence-corrected chi connectivity index (χ0v) is 11.1. The third-order valence-corrected chi connectivity index (χ3v) is 2.67. The minimum atomic E-state index is -1.11. The maximum absolute atomic E-state index is 11.6. The third-order valence-electron chi connectivity index (χ3n) is 2.43. The van der Waals surface area contributed by atoms with Crippen LogP contribution < -0.4 is 5.32 Å². The van der Waals surface area contributed by atoms with Crippen LogP contribution >= 0.6 is 11.6 Å². The van der Waals surface area contributed by atoms with Crippen LogP contribution in [-0.4, -0.2) is 17.0 Å². The third kappa shape index (κ3) is 4.37. The van der Waals surface area contributed by atoms with Crippen LogP contribution in [0.15, 0.2) is 18.2 Å². The van der Waals surface area contributed by atoms with Gasteiger partial charge in [-0.1, -0.05) is 25.4 Å². The molecule has 0 fully saturated rings. The molecule has 5 heteroatoms. The first-order valence-electron chi connectivity index (χ1n) is 5.73. The van der Waals surface area contributed by atoms with Crippen molar-refractivity contribution in [3.63, 3.8) is 0 Å². The van der Waals surface area contributed by atoms with Crippen molar-refractivity contribution in [2.75, 3.05) is 5.32 Å². The highest BCUT2D eigenvalue weighted by Gasteiger charge is 2.13. The second-order valence-corrected chi connectivity index (χ2v) is 4.91. The molecule has 0 aliphatic rings. The number of hydrogen-bond acceptors (Lipinski definition) is 2. The SMILES string of the molecule is CC(C)CCC(=O)Nc1ccc(Cl)cc1C(=O)O. The van der Waals surface area contributed by atoms with Crippen LogP contribution in [0.1, 0.15) is 37.0 Å². The number of carboxylic acid groups (broad SMARTS) is 1. The Labute approximate surface area is 111 Å². The van der Waals surface area contributed by atoms with E-state index in [-0.39, 0.29) is 17.2 Å². The number of amides is 1. The van der Waals surface area contributed by atoms with Crippen molar-refractivity contribution < 1.29 is 14.7 Å². The molecular weight excluding hydrogens is 254 g/mol. The number of rotatable bonds is 5. The number of benzene rings is 1. The van der Waals surface area contributed by atoms with Crippen molar-refractivity contribution in [2.24, 2.45) is 5.92 Å². The lowest BCUT2D eigenvalue weighted by atomic mass is 10.1. The van der Waals surface area contributed by atoms with Gasteiger partial charge in [-0.2, -0.15) is 0 Å². The number of hydrogen-bond donors (Lipinski definition) is 2. The number of carbonyl (C=O) groups excluding carboxylic acids is 1. The summed E-state index contributed by atoms with van der Waals surface area (Å²) in [6.07, 6.45) is 1.14. The Hall–Kier alpha value is -1.55. The van der Waals surface area contributed by atoms with E-state index in [2.05, 4.69) is 5.32 Å². The summed E-state index contributed by atoms with van der Waals surface area (Å²) in [5, 5.41) is 11.9. The molecule has 18 heavy (non-hydrogen) atoms. The Morgan fingerprint density at radius 2 is 2.06 bits per heavy atom. The molecule has 0 radical (unpaired) electrons. The second-order valence-electron chi connectivity index (χ2n) is 4.48. The molecule has 0 heterocycles. The monoisotopic (exact) mass is 269 g/mol. The fraction of sp³-hybridized carbons (Fsp3) is 0.385. The highest BCUT2D eigenvalue weighted by atomic mass is 35.5. The molecule has 2 N–H and O–H groups in total. The van der Waals surface area contributed by atoms with Crippen LogP contribution in [-0.2, 0) is 4.79 Å². The van der Waals surface area contributed by atoms with Gasteiger partial charge in [0.25, 0.3) is 0 Å². The van der Waals surface area contributed by atoms with Crippen molar-refractivity contribution in [2.45, 2.75) is 26.7 Å². The van der Waals surface area contributed by atoms with Gasteiger partial charge in [0.15, 0.2) is 0 Å². The highest BCUT2D eigenvalue weighted by molar-refractivity contribution is 6.31. The number of carbonyl (C=O) groups is 2. The second kappa shape index (κ2) is 6.40. The molecule has 1 amide bonds. The van der Waals surface area contributed by atoms with Crippen molar-refractivity contribution in [1.82, 2.24) is 0 Å². The Morgan fingerprint density at radius 1 is 1.39 bits per heavy atom. The highest BCUT2D eigenvalue weighted by Crippen LogP contribution is 2.21. The molecule has 0 bridgehead atoms. The van der Waals surface area contributed by atoms with E-state index in [0.717, 1.165) is 6.42 Å². The summed E-state index contributed by atoms with van der Waals surface area (Å²) in [7, 11) is 0. The van der Waals surface area contributed by atoms with Crippen molar-refractivity contribution in [3.8, 4) is 0 Å². The Kier molecular flexibility index (Phi) is 5.16.